The molecule has 1 aromatic heterocycles. The highest BCUT2D eigenvalue weighted by atomic mass is 35.5. The Morgan fingerprint density at radius 2 is 1.96 bits per heavy atom. The van der Waals surface area contributed by atoms with Crippen LogP contribution in [0.2, 0.25) is 4.34 Å². The van der Waals surface area contributed by atoms with Gasteiger partial charge in [0.25, 0.3) is 10.0 Å². The molecule has 0 aliphatic carbocycles. The van der Waals surface area contributed by atoms with Gasteiger partial charge in [0.05, 0.1) is 26.9 Å². The van der Waals surface area contributed by atoms with Crippen LogP contribution in [0.4, 0.5) is 0 Å². The number of hydrazone groups is 1. The van der Waals surface area contributed by atoms with Gasteiger partial charge in [0.1, 0.15) is 5.75 Å². The van der Waals surface area contributed by atoms with Gasteiger partial charge in [-0.2, -0.15) is 18.4 Å². The standard InChI is InChI=1S/C15H17ClN2O3S2/c1-3-4-13(14-9-10-15(16)22-14)17-18-23(19,20)12-7-5-11(21-2)6-8-12/h5-10,18H,3-4H2,1-2H3/b17-13+. The van der Waals surface area contributed by atoms with Crippen molar-refractivity contribution in [2.24, 2.45) is 5.10 Å². The highest BCUT2D eigenvalue weighted by Crippen LogP contribution is 2.23. The van der Waals surface area contributed by atoms with Crippen molar-refractivity contribution in [1.82, 2.24) is 4.83 Å². The lowest BCUT2D eigenvalue weighted by molar-refractivity contribution is 0.414. The second kappa shape index (κ2) is 7.81. The van der Waals surface area contributed by atoms with Crippen molar-refractivity contribution in [3.05, 3.63) is 45.6 Å². The number of benzene rings is 1. The summed E-state index contributed by atoms with van der Waals surface area (Å²) in [5.41, 5.74) is 0.668. The number of methoxy groups -OCH3 is 1. The maximum atomic E-state index is 12.3. The van der Waals surface area contributed by atoms with E-state index in [-0.39, 0.29) is 4.90 Å². The van der Waals surface area contributed by atoms with Crippen LogP contribution >= 0.6 is 22.9 Å². The van der Waals surface area contributed by atoms with Gasteiger partial charge in [0, 0.05) is 0 Å². The third kappa shape index (κ3) is 4.70. The van der Waals surface area contributed by atoms with Gasteiger partial charge >= 0.3 is 0 Å². The second-order valence-electron chi connectivity index (χ2n) is 4.68. The summed E-state index contributed by atoms with van der Waals surface area (Å²) < 4.78 is 30.2. The Balaban J connectivity index is 2.22. The minimum atomic E-state index is -3.72. The first-order valence-electron chi connectivity index (χ1n) is 6.94. The van der Waals surface area contributed by atoms with E-state index in [1.54, 1.807) is 18.2 Å². The predicted molar refractivity (Wildman–Crippen MR) is 94.1 cm³/mol. The monoisotopic (exact) mass is 372 g/mol. The number of hydrogen-bond acceptors (Lipinski definition) is 5. The number of hydrogen-bond donors (Lipinski definition) is 1. The Labute approximate surface area is 145 Å². The number of ether oxygens (including phenoxy) is 1. The van der Waals surface area contributed by atoms with Gasteiger partial charge in [-0.25, -0.2) is 0 Å². The molecular formula is C15H17ClN2O3S2. The van der Waals surface area contributed by atoms with Gasteiger partial charge in [0.15, 0.2) is 0 Å². The van der Waals surface area contributed by atoms with Crippen LogP contribution in [0.15, 0.2) is 46.4 Å². The van der Waals surface area contributed by atoms with E-state index >= 15 is 0 Å². The first kappa shape index (κ1) is 17.8. The third-order valence-corrected chi connectivity index (χ3v) is 5.52. The largest absolute Gasteiger partial charge is 0.497 e. The zero-order chi connectivity index (χ0) is 16.9. The number of rotatable bonds is 7. The summed E-state index contributed by atoms with van der Waals surface area (Å²) in [6.07, 6.45) is 1.50. The lowest BCUT2D eigenvalue weighted by atomic mass is 10.2. The first-order valence-corrected chi connectivity index (χ1v) is 9.62. The molecule has 124 valence electrons. The summed E-state index contributed by atoms with van der Waals surface area (Å²) in [5, 5.41) is 4.09. The fourth-order valence-corrected chi connectivity index (χ4v) is 3.75. The number of halogens is 1. The fourth-order valence-electron chi connectivity index (χ4n) is 1.86. The minimum absolute atomic E-state index is 0.127. The molecule has 1 N–H and O–H groups in total. The smallest absolute Gasteiger partial charge is 0.276 e. The molecule has 0 saturated heterocycles. The maximum absolute atomic E-state index is 12.3. The van der Waals surface area contributed by atoms with Gasteiger partial charge in [-0.15, -0.1) is 11.3 Å². The van der Waals surface area contributed by atoms with Crippen LogP contribution in [0.3, 0.4) is 0 Å². The Bertz CT molecular complexity index is 783. The lowest BCUT2D eigenvalue weighted by Gasteiger charge is -2.07. The fraction of sp³-hybridized carbons (Fsp3) is 0.267. The van der Waals surface area contributed by atoms with Crippen LogP contribution in [0.25, 0.3) is 0 Å². The van der Waals surface area contributed by atoms with Crippen LogP contribution in [0.1, 0.15) is 24.6 Å². The Kier molecular flexibility index (Phi) is 6.04. The molecule has 2 rings (SSSR count). The van der Waals surface area contributed by atoms with E-state index in [4.69, 9.17) is 16.3 Å². The highest BCUT2D eigenvalue weighted by Gasteiger charge is 2.14. The van der Waals surface area contributed by atoms with Crippen molar-refractivity contribution < 1.29 is 13.2 Å². The molecule has 1 aromatic carbocycles. The first-order chi connectivity index (χ1) is 11.0. The molecule has 0 fully saturated rings. The van der Waals surface area contributed by atoms with Crippen LogP contribution in [0, 0.1) is 0 Å². The van der Waals surface area contributed by atoms with Gasteiger partial charge in [-0.1, -0.05) is 24.9 Å². The average Bonchev–Trinajstić information content (AvgIpc) is 2.98. The van der Waals surface area contributed by atoms with Crippen LogP contribution in [-0.2, 0) is 10.0 Å². The molecule has 0 saturated carbocycles. The summed E-state index contributed by atoms with van der Waals surface area (Å²) in [6.45, 7) is 2.00. The van der Waals surface area contributed by atoms with E-state index in [9.17, 15) is 8.42 Å². The highest BCUT2D eigenvalue weighted by molar-refractivity contribution is 7.89. The van der Waals surface area contributed by atoms with E-state index in [1.807, 2.05) is 13.0 Å². The molecule has 0 amide bonds. The topological polar surface area (TPSA) is 67.8 Å². The van der Waals surface area contributed by atoms with Gasteiger partial charge < -0.3 is 4.74 Å². The van der Waals surface area contributed by atoms with Gasteiger partial charge in [-0.3, -0.25) is 0 Å². The molecule has 2 aromatic rings. The molecule has 8 heteroatoms. The Morgan fingerprint density at radius 1 is 1.26 bits per heavy atom. The van der Waals surface area contributed by atoms with Crippen molar-refractivity contribution in [1.29, 1.82) is 0 Å². The van der Waals surface area contributed by atoms with Crippen LogP contribution < -0.4 is 9.57 Å². The number of thiophene rings is 1. The number of nitrogens with zero attached hydrogens (tertiary/aromatic N) is 1. The summed E-state index contributed by atoms with van der Waals surface area (Å²) in [5.74, 6) is 0.590. The quantitative estimate of drug-likeness (QED) is 0.592. The van der Waals surface area contributed by atoms with Crippen LogP contribution in [0.5, 0.6) is 5.75 Å². The average molecular weight is 373 g/mol. The van der Waals surface area contributed by atoms with Crippen molar-refractivity contribution in [2.45, 2.75) is 24.7 Å². The van der Waals surface area contributed by atoms with Crippen molar-refractivity contribution in [2.75, 3.05) is 7.11 Å². The third-order valence-electron chi connectivity index (χ3n) is 3.01. The summed E-state index contributed by atoms with van der Waals surface area (Å²) in [7, 11) is -2.20. The molecule has 0 spiro atoms. The SMILES string of the molecule is CCC/C(=N\NS(=O)(=O)c1ccc(OC)cc1)c1ccc(Cl)s1. The molecule has 0 aliphatic rings. The predicted octanol–water partition coefficient (Wildman–Crippen LogP) is 3.89. The molecule has 5 nitrogen and oxygen atoms in total. The maximum Gasteiger partial charge on any atom is 0.276 e. The summed E-state index contributed by atoms with van der Waals surface area (Å²) in [4.78, 5) is 3.27. The van der Waals surface area contributed by atoms with E-state index in [0.29, 0.717) is 22.2 Å². The molecule has 0 aliphatic heterocycles. The summed E-state index contributed by atoms with van der Waals surface area (Å²) in [6, 6.07) is 9.72. The lowest BCUT2D eigenvalue weighted by Crippen LogP contribution is -2.20. The number of sulfonamides is 1. The van der Waals surface area contributed by atoms with E-state index in [2.05, 4.69) is 9.93 Å². The second-order valence-corrected chi connectivity index (χ2v) is 8.06. The van der Waals surface area contributed by atoms with Gasteiger partial charge in [0.2, 0.25) is 0 Å². The molecular weight excluding hydrogens is 356 g/mol. The van der Waals surface area contributed by atoms with Gasteiger partial charge in [-0.05, 0) is 42.8 Å². The zero-order valence-corrected chi connectivity index (χ0v) is 15.1. The molecule has 0 bridgehead atoms. The number of nitrogens with one attached hydrogen (secondary N) is 1. The zero-order valence-electron chi connectivity index (χ0n) is 12.7. The van der Waals surface area contributed by atoms with Crippen molar-refractivity contribution in [3.8, 4) is 5.75 Å². The molecule has 23 heavy (non-hydrogen) atoms. The van der Waals surface area contributed by atoms with E-state index in [1.165, 1.54) is 30.6 Å². The molecule has 0 unspecified atom stereocenters. The van der Waals surface area contributed by atoms with E-state index in [0.717, 1.165) is 11.3 Å². The molecule has 1 heterocycles. The summed E-state index contributed by atoms with van der Waals surface area (Å²) >= 11 is 7.30. The van der Waals surface area contributed by atoms with Crippen LogP contribution in [-0.4, -0.2) is 21.2 Å². The van der Waals surface area contributed by atoms with E-state index < -0.39 is 10.0 Å². The normalized spacial score (nSPS) is 12.2. The molecule has 0 radical (unpaired) electrons. The minimum Gasteiger partial charge on any atom is -0.497 e. The van der Waals surface area contributed by atoms with Crippen molar-refractivity contribution in [3.63, 3.8) is 0 Å². The van der Waals surface area contributed by atoms with Crippen molar-refractivity contribution >= 4 is 38.7 Å². The molecule has 0 atom stereocenters. The Morgan fingerprint density at radius 3 is 2.48 bits per heavy atom. The Hall–Kier alpha value is -1.57.